The molecule has 0 radical (unpaired) electrons. The highest BCUT2D eigenvalue weighted by molar-refractivity contribution is 6.39. The topological polar surface area (TPSA) is 69.7 Å². The number of anilines is 2. The first-order valence-corrected chi connectivity index (χ1v) is 9.78. The first-order valence-electron chi connectivity index (χ1n) is 9.78. The van der Waals surface area contributed by atoms with Gasteiger partial charge in [-0.3, -0.25) is 14.9 Å². The first kappa shape index (κ1) is 18.9. The van der Waals surface area contributed by atoms with Gasteiger partial charge in [0, 0.05) is 18.8 Å². The second-order valence-corrected chi connectivity index (χ2v) is 7.53. The molecule has 0 spiro atoms. The number of hydrogen-bond acceptors (Lipinski definition) is 4. The van der Waals surface area contributed by atoms with Crippen molar-refractivity contribution >= 4 is 35.3 Å². The van der Waals surface area contributed by atoms with Crippen LogP contribution in [0.25, 0.3) is 6.08 Å². The molecule has 4 amide bonds. The van der Waals surface area contributed by atoms with Crippen LogP contribution in [0.4, 0.5) is 16.2 Å². The summed E-state index contributed by atoms with van der Waals surface area (Å²) in [5, 5.41) is 2.26. The minimum absolute atomic E-state index is 0.0569. The Morgan fingerprint density at radius 2 is 1.62 bits per heavy atom. The van der Waals surface area contributed by atoms with E-state index in [1.807, 2.05) is 44.2 Å². The summed E-state index contributed by atoms with van der Waals surface area (Å²) in [6.07, 6.45) is 3.94. The van der Waals surface area contributed by atoms with Gasteiger partial charge >= 0.3 is 6.03 Å². The zero-order valence-electron chi connectivity index (χ0n) is 16.6. The molecule has 0 saturated carbocycles. The molecule has 1 N–H and O–H groups in total. The average molecular weight is 389 g/mol. The molecule has 2 aliphatic heterocycles. The van der Waals surface area contributed by atoms with Crippen LogP contribution in [0.1, 0.15) is 29.5 Å². The quantitative estimate of drug-likeness (QED) is 0.644. The van der Waals surface area contributed by atoms with E-state index in [2.05, 4.69) is 10.2 Å². The maximum absolute atomic E-state index is 13.0. The van der Waals surface area contributed by atoms with E-state index in [1.165, 1.54) is 18.5 Å². The average Bonchev–Trinajstić information content (AvgIpc) is 3.21. The van der Waals surface area contributed by atoms with Gasteiger partial charge in [0.2, 0.25) is 0 Å². The number of nitrogens with one attached hydrogen (secondary N) is 1. The number of rotatable bonds is 3. The Balaban J connectivity index is 1.65. The summed E-state index contributed by atoms with van der Waals surface area (Å²) in [4.78, 5) is 41.0. The summed E-state index contributed by atoms with van der Waals surface area (Å²) < 4.78 is 0. The Morgan fingerprint density at radius 1 is 0.931 bits per heavy atom. The summed E-state index contributed by atoms with van der Waals surface area (Å²) in [5.74, 6) is -1.30. The van der Waals surface area contributed by atoms with Crippen LogP contribution >= 0.6 is 0 Å². The molecule has 2 aromatic carbocycles. The highest BCUT2D eigenvalue weighted by Gasteiger charge is 2.36. The molecule has 0 aromatic heterocycles. The molecule has 0 atom stereocenters. The maximum Gasteiger partial charge on any atom is 0.335 e. The van der Waals surface area contributed by atoms with Gasteiger partial charge in [-0.15, -0.1) is 0 Å². The number of barbiturate groups is 1. The van der Waals surface area contributed by atoms with Crippen LogP contribution in [0.15, 0.2) is 48.0 Å². The van der Waals surface area contributed by atoms with Crippen molar-refractivity contribution in [3.63, 3.8) is 0 Å². The lowest BCUT2D eigenvalue weighted by atomic mass is 10.0. The smallest absolute Gasteiger partial charge is 0.335 e. The normalized spacial score (nSPS) is 18.6. The number of carbonyl (C=O) groups is 3. The molecule has 0 unspecified atom stereocenters. The molecular formula is C23H23N3O3. The van der Waals surface area contributed by atoms with E-state index < -0.39 is 17.8 Å². The summed E-state index contributed by atoms with van der Waals surface area (Å²) in [6, 6.07) is 12.2. The molecular weight excluding hydrogens is 366 g/mol. The monoisotopic (exact) mass is 389 g/mol. The molecule has 148 valence electrons. The largest absolute Gasteiger partial charge is 0.371 e. The van der Waals surface area contributed by atoms with E-state index in [0.717, 1.165) is 34.7 Å². The SMILES string of the molecule is Cc1ccc(N2C(=O)NC(=O)/C(=C\c3ccc(N4CCCC4)c(C)c3)C2=O)cc1. The minimum atomic E-state index is -0.735. The van der Waals surface area contributed by atoms with Crippen LogP contribution in [-0.2, 0) is 9.59 Å². The van der Waals surface area contributed by atoms with Crippen LogP contribution in [0, 0.1) is 13.8 Å². The highest BCUT2D eigenvalue weighted by atomic mass is 16.2. The Kier molecular flexibility index (Phi) is 4.92. The lowest BCUT2D eigenvalue weighted by molar-refractivity contribution is -0.122. The zero-order valence-corrected chi connectivity index (χ0v) is 16.6. The van der Waals surface area contributed by atoms with Crippen molar-refractivity contribution in [3.05, 3.63) is 64.7 Å². The molecule has 2 fully saturated rings. The number of aryl methyl sites for hydroxylation is 2. The van der Waals surface area contributed by atoms with Gasteiger partial charge in [-0.25, -0.2) is 9.69 Å². The van der Waals surface area contributed by atoms with E-state index in [1.54, 1.807) is 18.2 Å². The van der Waals surface area contributed by atoms with Gasteiger partial charge in [0.05, 0.1) is 5.69 Å². The van der Waals surface area contributed by atoms with Gasteiger partial charge in [-0.05, 0) is 68.2 Å². The van der Waals surface area contributed by atoms with Gasteiger partial charge in [0.25, 0.3) is 11.8 Å². The predicted octanol–water partition coefficient (Wildman–Crippen LogP) is 3.57. The van der Waals surface area contributed by atoms with Crippen molar-refractivity contribution < 1.29 is 14.4 Å². The number of benzene rings is 2. The fourth-order valence-corrected chi connectivity index (χ4v) is 3.83. The number of hydrogen-bond donors (Lipinski definition) is 1. The van der Waals surface area contributed by atoms with Crippen molar-refractivity contribution in [2.45, 2.75) is 26.7 Å². The zero-order chi connectivity index (χ0) is 20.5. The summed E-state index contributed by atoms with van der Waals surface area (Å²) in [5.41, 5.74) is 4.41. The van der Waals surface area contributed by atoms with Crippen LogP contribution in [0.2, 0.25) is 0 Å². The summed E-state index contributed by atoms with van der Waals surface area (Å²) in [7, 11) is 0. The van der Waals surface area contributed by atoms with Crippen molar-refractivity contribution in [1.29, 1.82) is 0 Å². The Hall–Kier alpha value is -3.41. The molecule has 4 rings (SSSR count). The van der Waals surface area contributed by atoms with E-state index in [4.69, 9.17) is 0 Å². The standard InChI is InChI=1S/C23H23N3O3/c1-15-5-8-18(9-6-15)26-22(28)19(21(27)24-23(26)29)14-17-7-10-20(16(2)13-17)25-11-3-4-12-25/h5-10,13-14H,3-4,11-12H2,1-2H3,(H,24,27,29)/b19-14+. The van der Waals surface area contributed by atoms with Crippen LogP contribution in [0.3, 0.4) is 0 Å². The fraction of sp³-hybridized carbons (Fsp3) is 0.261. The Labute approximate surface area is 169 Å². The maximum atomic E-state index is 13.0. The summed E-state index contributed by atoms with van der Waals surface area (Å²) in [6.45, 7) is 6.05. The molecule has 2 heterocycles. The molecule has 0 bridgehead atoms. The Morgan fingerprint density at radius 3 is 2.28 bits per heavy atom. The van der Waals surface area contributed by atoms with Gasteiger partial charge in [-0.1, -0.05) is 23.8 Å². The third-order valence-electron chi connectivity index (χ3n) is 5.37. The number of carbonyl (C=O) groups excluding carboxylic acids is 3. The fourth-order valence-electron chi connectivity index (χ4n) is 3.83. The molecule has 2 saturated heterocycles. The van der Waals surface area contributed by atoms with Gasteiger partial charge in [0.1, 0.15) is 5.57 Å². The number of nitrogens with zero attached hydrogens (tertiary/aromatic N) is 2. The second-order valence-electron chi connectivity index (χ2n) is 7.53. The van der Waals surface area contributed by atoms with Crippen molar-refractivity contribution in [3.8, 4) is 0 Å². The molecule has 6 heteroatoms. The third kappa shape index (κ3) is 3.66. The highest BCUT2D eigenvalue weighted by Crippen LogP contribution is 2.27. The summed E-state index contributed by atoms with van der Waals surface area (Å²) >= 11 is 0. The molecule has 29 heavy (non-hydrogen) atoms. The van der Waals surface area contributed by atoms with Gasteiger partial charge in [0.15, 0.2) is 0 Å². The van der Waals surface area contributed by atoms with E-state index >= 15 is 0 Å². The van der Waals surface area contributed by atoms with E-state index in [0.29, 0.717) is 5.69 Å². The number of imide groups is 2. The van der Waals surface area contributed by atoms with Crippen LogP contribution in [-0.4, -0.2) is 30.9 Å². The lowest BCUT2D eigenvalue weighted by Gasteiger charge is -2.26. The van der Waals surface area contributed by atoms with Gasteiger partial charge in [-0.2, -0.15) is 0 Å². The number of amides is 4. The van der Waals surface area contributed by atoms with Crippen molar-refractivity contribution in [2.75, 3.05) is 22.9 Å². The Bertz CT molecular complexity index is 1020. The molecule has 0 aliphatic carbocycles. The van der Waals surface area contributed by atoms with E-state index in [9.17, 15) is 14.4 Å². The lowest BCUT2D eigenvalue weighted by Crippen LogP contribution is -2.54. The van der Waals surface area contributed by atoms with Crippen LogP contribution in [0.5, 0.6) is 0 Å². The van der Waals surface area contributed by atoms with Crippen LogP contribution < -0.4 is 15.1 Å². The number of urea groups is 1. The molecule has 2 aliphatic rings. The minimum Gasteiger partial charge on any atom is -0.371 e. The first-order chi connectivity index (χ1) is 13.9. The van der Waals surface area contributed by atoms with Crippen molar-refractivity contribution in [2.24, 2.45) is 0 Å². The van der Waals surface area contributed by atoms with Gasteiger partial charge < -0.3 is 4.90 Å². The molecule has 6 nitrogen and oxygen atoms in total. The second kappa shape index (κ2) is 7.54. The predicted molar refractivity (Wildman–Crippen MR) is 113 cm³/mol. The molecule has 2 aromatic rings. The third-order valence-corrected chi connectivity index (χ3v) is 5.37. The van der Waals surface area contributed by atoms with E-state index in [-0.39, 0.29) is 5.57 Å². The van der Waals surface area contributed by atoms with Crippen molar-refractivity contribution in [1.82, 2.24) is 5.32 Å².